The Morgan fingerprint density at radius 2 is 1.78 bits per heavy atom. The van der Waals surface area contributed by atoms with Crippen molar-refractivity contribution >= 4 is 11.9 Å². The number of hydrogen-bond donors (Lipinski definition) is 2. The SMILES string of the molecule is C=COC[C@H]1CC[C@@H](Cc2cc(C(=O)O)ccc2C(=O)O)CC1. The van der Waals surface area contributed by atoms with Crippen molar-refractivity contribution in [2.24, 2.45) is 11.8 Å². The zero-order valence-corrected chi connectivity index (χ0v) is 13.0. The summed E-state index contributed by atoms with van der Waals surface area (Å²) < 4.78 is 5.24. The highest BCUT2D eigenvalue weighted by molar-refractivity contribution is 5.93. The fourth-order valence-corrected chi connectivity index (χ4v) is 3.22. The summed E-state index contributed by atoms with van der Waals surface area (Å²) in [6.45, 7) is 4.22. The number of rotatable bonds is 7. The molecule has 1 fully saturated rings. The number of hydrogen-bond acceptors (Lipinski definition) is 3. The van der Waals surface area contributed by atoms with E-state index in [1.165, 1.54) is 24.5 Å². The minimum absolute atomic E-state index is 0.137. The molecule has 0 atom stereocenters. The minimum Gasteiger partial charge on any atom is -0.502 e. The molecule has 0 bridgehead atoms. The lowest BCUT2D eigenvalue weighted by Gasteiger charge is -2.28. The Balaban J connectivity index is 2.04. The molecule has 1 aromatic carbocycles. The summed E-state index contributed by atoms with van der Waals surface area (Å²) in [6, 6.07) is 4.24. The minimum atomic E-state index is -1.03. The van der Waals surface area contributed by atoms with E-state index in [4.69, 9.17) is 9.84 Å². The summed E-state index contributed by atoms with van der Waals surface area (Å²) >= 11 is 0. The smallest absolute Gasteiger partial charge is 0.335 e. The Bertz CT molecular complexity index is 585. The Hall–Kier alpha value is -2.30. The molecule has 1 aliphatic carbocycles. The normalized spacial score (nSPS) is 20.7. The monoisotopic (exact) mass is 318 g/mol. The van der Waals surface area contributed by atoms with E-state index < -0.39 is 11.9 Å². The van der Waals surface area contributed by atoms with Crippen LogP contribution in [0.4, 0.5) is 0 Å². The molecule has 2 rings (SSSR count). The summed E-state index contributed by atoms with van der Waals surface area (Å²) in [5, 5.41) is 18.4. The number of carboxylic acid groups (broad SMARTS) is 2. The van der Waals surface area contributed by atoms with Crippen LogP contribution >= 0.6 is 0 Å². The van der Waals surface area contributed by atoms with Crippen molar-refractivity contribution in [2.45, 2.75) is 32.1 Å². The fraction of sp³-hybridized carbons (Fsp3) is 0.444. The van der Waals surface area contributed by atoms with Gasteiger partial charge in [-0.25, -0.2) is 9.59 Å². The van der Waals surface area contributed by atoms with Crippen LogP contribution in [0.1, 0.15) is 52.0 Å². The molecule has 1 saturated carbocycles. The Morgan fingerprint density at radius 3 is 2.35 bits per heavy atom. The number of carbonyl (C=O) groups is 2. The number of aromatic carboxylic acids is 2. The summed E-state index contributed by atoms with van der Waals surface area (Å²) in [5.74, 6) is -1.14. The van der Waals surface area contributed by atoms with Crippen molar-refractivity contribution in [1.29, 1.82) is 0 Å². The summed E-state index contributed by atoms with van der Waals surface area (Å²) in [6.07, 6.45) is 6.16. The van der Waals surface area contributed by atoms with Crippen LogP contribution in [0.5, 0.6) is 0 Å². The second-order valence-electron chi connectivity index (χ2n) is 6.07. The second kappa shape index (κ2) is 7.81. The quantitative estimate of drug-likeness (QED) is 0.751. The van der Waals surface area contributed by atoms with Crippen LogP contribution in [0.15, 0.2) is 31.0 Å². The van der Waals surface area contributed by atoms with Crippen LogP contribution < -0.4 is 0 Å². The molecule has 0 radical (unpaired) electrons. The third-order valence-corrected chi connectivity index (χ3v) is 4.51. The van der Waals surface area contributed by atoms with E-state index in [1.54, 1.807) is 0 Å². The third kappa shape index (κ3) is 4.58. The van der Waals surface area contributed by atoms with Gasteiger partial charge in [0.15, 0.2) is 0 Å². The molecular weight excluding hydrogens is 296 g/mol. The van der Waals surface area contributed by atoms with Crippen LogP contribution in [-0.2, 0) is 11.2 Å². The van der Waals surface area contributed by atoms with Crippen LogP contribution in [0.3, 0.4) is 0 Å². The van der Waals surface area contributed by atoms with Gasteiger partial charge < -0.3 is 14.9 Å². The van der Waals surface area contributed by atoms with Gasteiger partial charge in [-0.05, 0) is 67.7 Å². The zero-order chi connectivity index (χ0) is 16.8. The molecule has 1 aromatic rings. The molecule has 0 spiro atoms. The predicted molar refractivity (Wildman–Crippen MR) is 85.7 cm³/mol. The standard InChI is InChI=1S/C18H22O5/c1-2-23-11-13-5-3-12(4-6-13)9-15-10-14(17(19)20)7-8-16(15)18(21)22/h2,7-8,10,12-13H,1,3-6,9,11H2,(H,19,20)(H,21,22)/t12-,13+. The van der Waals surface area contributed by atoms with Gasteiger partial charge in [0.2, 0.25) is 0 Å². The summed E-state index contributed by atoms with van der Waals surface area (Å²) in [5.41, 5.74) is 0.952. The Labute approximate surface area is 135 Å². The van der Waals surface area contributed by atoms with Gasteiger partial charge in [0, 0.05) is 0 Å². The van der Waals surface area contributed by atoms with Crippen molar-refractivity contribution < 1.29 is 24.5 Å². The molecule has 1 aliphatic rings. The van der Waals surface area contributed by atoms with Crippen molar-refractivity contribution in [2.75, 3.05) is 6.61 Å². The summed E-state index contributed by atoms with van der Waals surface area (Å²) in [7, 11) is 0. The molecule has 23 heavy (non-hydrogen) atoms. The topological polar surface area (TPSA) is 83.8 Å². The van der Waals surface area contributed by atoms with Gasteiger partial charge in [-0.3, -0.25) is 0 Å². The highest BCUT2D eigenvalue weighted by atomic mass is 16.5. The maximum atomic E-state index is 11.3. The molecule has 0 heterocycles. The third-order valence-electron chi connectivity index (χ3n) is 4.51. The van der Waals surface area contributed by atoms with Gasteiger partial charge in [0.25, 0.3) is 0 Å². The average Bonchev–Trinajstić information content (AvgIpc) is 2.54. The highest BCUT2D eigenvalue weighted by Crippen LogP contribution is 2.32. The lowest BCUT2D eigenvalue weighted by atomic mass is 9.79. The molecule has 0 unspecified atom stereocenters. The molecule has 0 amide bonds. The maximum Gasteiger partial charge on any atom is 0.335 e. The van der Waals surface area contributed by atoms with E-state index in [0.717, 1.165) is 25.7 Å². The van der Waals surface area contributed by atoms with Crippen LogP contribution in [0.2, 0.25) is 0 Å². The first-order valence-electron chi connectivity index (χ1n) is 7.83. The van der Waals surface area contributed by atoms with Crippen LogP contribution in [-0.4, -0.2) is 28.8 Å². The Kier molecular flexibility index (Phi) is 5.79. The first-order chi connectivity index (χ1) is 11.0. The fourth-order valence-electron chi connectivity index (χ4n) is 3.22. The zero-order valence-electron chi connectivity index (χ0n) is 13.0. The molecule has 5 heteroatoms. The van der Waals surface area contributed by atoms with Crippen LogP contribution in [0, 0.1) is 11.8 Å². The van der Waals surface area contributed by atoms with E-state index in [0.29, 0.717) is 30.4 Å². The van der Waals surface area contributed by atoms with Crippen LogP contribution in [0.25, 0.3) is 0 Å². The maximum absolute atomic E-state index is 11.3. The summed E-state index contributed by atoms with van der Waals surface area (Å²) in [4.78, 5) is 22.4. The first kappa shape index (κ1) is 17.1. The largest absolute Gasteiger partial charge is 0.502 e. The molecule has 124 valence electrons. The van der Waals surface area contributed by atoms with E-state index in [9.17, 15) is 14.7 Å². The van der Waals surface area contributed by atoms with Gasteiger partial charge in [-0.2, -0.15) is 0 Å². The van der Waals surface area contributed by atoms with Gasteiger partial charge in [0.05, 0.1) is 24.0 Å². The lowest BCUT2D eigenvalue weighted by Crippen LogP contribution is -2.20. The van der Waals surface area contributed by atoms with Crippen molar-refractivity contribution in [3.63, 3.8) is 0 Å². The van der Waals surface area contributed by atoms with E-state index in [1.807, 2.05) is 0 Å². The molecule has 0 saturated heterocycles. The van der Waals surface area contributed by atoms with E-state index in [-0.39, 0.29) is 11.1 Å². The number of benzene rings is 1. The Morgan fingerprint density at radius 1 is 1.13 bits per heavy atom. The van der Waals surface area contributed by atoms with E-state index >= 15 is 0 Å². The number of ether oxygens (including phenoxy) is 1. The molecular formula is C18H22O5. The molecule has 2 N–H and O–H groups in total. The van der Waals surface area contributed by atoms with Gasteiger partial charge in [-0.15, -0.1) is 0 Å². The molecule has 5 nitrogen and oxygen atoms in total. The van der Waals surface area contributed by atoms with Crippen molar-refractivity contribution in [3.05, 3.63) is 47.7 Å². The average molecular weight is 318 g/mol. The molecule has 0 aromatic heterocycles. The first-order valence-corrected chi connectivity index (χ1v) is 7.83. The van der Waals surface area contributed by atoms with Gasteiger partial charge in [0.1, 0.15) is 0 Å². The predicted octanol–water partition coefficient (Wildman–Crippen LogP) is 3.59. The van der Waals surface area contributed by atoms with E-state index in [2.05, 4.69) is 6.58 Å². The molecule has 0 aliphatic heterocycles. The van der Waals surface area contributed by atoms with Gasteiger partial charge >= 0.3 is 11.9 Å². The second-order valence-corrected chi connectivity index (χ2v) is 6.07. The van der Waals surface area contributed by atoms with Crippen molar-refractivity contribution in [1.82, 2.24) is 0 Å². The lowest BCUT2D eigenvalue weighted by molar-refractivity contribution is 0.0679. The van der Waals surface area contributed by atoms with Gasteiger partial charge in [-0.1, -0.05) is 6.58 Å². The highest BCUT2D eigenvalue weighted by Gasteiger charge is 2.23. The van der Waals surface area contributed by atoms with Crippen molar-refractivity contribution in [3.8, 4) is 0 Å². The number of carboxylic acids is 2.